The van der Waals surface area contributed by atoms with E-state index in [0.29, 0.717) is 5.41 Å². The molecule has 2 nitrogen and oxygen atoms in total. The van der Waals surface area contributed by atoms with Crippen LogP contribution < -0.4 is 5.32 Å². The maximum Gasteiger partial charge on any atom is 0.00684 e. The molecule has 2 aliphatic rings. The predicted molar refractivity (Wildman–Crippen MR) is 78.8 cm³/mol. The van der Waals surface area contributed by atoms with Gasteiger partial charge in [-0.15, -0.1) is 0 Å². The Morgan fingerprint density at radius 1 is 1.17 bits per heavy atom. The smallest absolute Gasteiger partial charge is 0.00684 e. The molecule has 18 heavy (non-hydrogen) atoms. The van der Waals surface area contributed by atoms with Crippen molar-refractivity contribution in [3.63, 3.8) is 0 Å². The first-order valence-corrected chi connectivity index (χ1v) is 7.98. The lowest BCUT2D eigenvalue weighted by molar-refractivity contribution is 0.167. The van der Waals surface area contributed by atoms with Gasteiger partial charge < -0.3 is 10.2 Å². The van der Waals surface area contributed by atoms with Gasteiger partial charge in [0.25, 0.3) is 0 Å². The molecule has 2 rings (SSSR count). The SMILES string of the molecule is CCCC(C)(CNC1CC1)CN1CC(C)C(C)C1. The second-order valence-electron chi connectivity index (χ2n) is 7.36. The van der Waals surface area contributed by atoms with E-state index in [2.05, 4.69) is 37.9 Å². The Morgan fingerprint density at radius 2 is 1.78 bits per heavy atom. The molecular weight excluding hydrogens is 220 g/mol. The molecule has 106 valence electrons. The summed E-state index contributed by atoms with van der Waals surface area (Å²) in [5, 5.41) is 3.75. The topological polar surface area (TPSA) is 15.3 Å². The molecule has 0 aromatic rings. The van der Waals surface area contributed by atoms with Crippen LogP contribution in [0.15, 0.2) is 0 Å². The maximum atomic E-state index is 3.75. The highest BCUT2D eigenvalue weighted by Gasteiger charge is 2.33. The highest BCUT2D eigenvalue weighted by molar-refractivity contribution is 4.89. The molecule has 1 aliphatic carbocycles. The summed E-state index contributed by atoms with van der Waals surface area (Å²) in [4.78, 5) is 2.71. The average Bonchev–Trinajstić information content (AvgIpc) is 3.05. The fourth-order valence-electron chi connectivity index (χ4n) is 3.42. The summed E-state index contributed by atoms with van der Waals surface area (Å²) in [5.74, 6) is 1.76. The van der Waals surface area contributed by atoms with Crippen LogP contribution in [0.1, 0.15) is 53.4 Å². The summed E-state index contributed by atoms with van der Waals surface area (Å²) in [6.45, 7) is 14.7. The molecule has 0 aromatic heterocycles. The number of rotatable bonds is 7. The van der Waals surface area contributed by atoms with Crippen LogP contribution in [0, 0.1) is 17.3 Å². The molecule has 1 saturated carbocycles. The van der Waals surface area contributed by atoms with Crippen LogP contribution in [-0.2, 0) is 0 Å². The van der Waals surface area contributed by atoms with Crippen molar-refractivity contribution in [3.8, 4) is 0 Å². The van der Waals surface area contributed by atoms with Gasteiger partial charge in [0, 0.05) is 32.2 Å². The molecule has 3 atom stereocenters. The van der Waals surface area contributed by atoms with Gasteiger partial charge in [0.1, 0.15) is 0 Å². The molecule has 0 radical (unpaired) electrons. The van der Waals surface area contributed by atoms with Crippen molar-refractivity contribution in [2.45, 2.75) is 59.4 Å². The minimum Gasteiger partial charge on any atom is -0.313 e. The van der Waals surface area contributed by atoms with Crippen LogP contribution in [0.4, 0.5) is 0 Å². The Labute approximate surface area is 114 Å². The van der Waals surface area contributed by atoms with Crippen LogP contribution in [0.2, 0.25) is 0 Å². The lowest BCUT2D eigenvalue weighted by Crippen LogP contribution is -2.42. The quantitative estimate of drug-likeness (QED) is 0.749. The number of likely N-dealkylation sites (tertiary alicyclic amines) is 1. The monoisotopic (exact) mass is 252 g/mol. The largest absolute Gasteiger partial charge is 0.313 e. The number of nitrogens with one attached hydrogen (secondary N) is 1. The van der Waals surface area contributed by atoms with Crippen LogP contribution in [-0.4, -0.2) is 37.1 Å². The fourth-order valence-corrected chi connectivity index (χ4v) is 3.42. The Hall–Kier alpha value is -0.0800. The molecule has 0 aromatic carbocycles. The molecule has 0 amide bonds. The fraction of sp³-hybridized carbons (Fsp3) is 1.00. The van der Waals surface area contributed by atoms with E-state index < -0.39 is 0 Å². The van der Waals surface area contributed by atoms with Gasteiger partial charge in [-0.05, 0) is 36.5 Å². The van der Waals surface area contributed by atoms with Gasteiger partial charge in [-0.25, -0.2) is 0 Å². The Kier molecular flexibility index (Phi) is 4.71. The summed E-state index contributed by atoms with van der Waals surface area (Å²) in [5.41, 5.74) is 0.473. The van der Waals surface area contributed by atoms with Crippen molar-refractivity contribution in [2.24, 2.45) is 17.3 Å². The van der Waals surface area contributed by atoms with E-state index >= 15 is 0 Å². The molecule has 3 unspecified atom stereocenters. The van der Waals surface area contributed by atoms with Gasteiger partial charge in [-0.3, -0.25) is 0 Å². The molecule has 0 bridgehead atoms. The van der Waals surface area contributed by atoms with Crippen molar-refractivity contribution in [3.05, 3.63) is 0 Å². The number of hydrogen-bond donors (Lipinski definition) is 1. The van der Waals surface area contributed by atoms with Crippen molar-refractivity contribution >= 4 is 0 Å². The molecule has 1 aliphatic heterocycles. The summed E-state index contributed by atoms with van der Waals surface area (Å²) < 4.78 is 0. The summed E-state index contributed by atoms with van der Waals surface area (Å²) in [6.07, 6.45) is 5.47. The van der Waals surface area contributed by atoms with Crippen LogP contribution in [0.5, 0.6) is 0 Å². The summed E-state index contributed by atoms with van der Waals surface area (Å²) >= 11 is 0. The lowest BCUT2D eigenvalue weighted by atomic mass is 9.84. The van der Waals surface area contributed by atoms with Crippen LogP contribution >= 0.6 is 0 Å². The average molecular weight is 252 g/mol. The van der Waals surface area contributed by atoms with Gasteiger partial charge >= 0.3 is 0 Å². The first-order chi connectivity index (χ1) is 8.52. The second kappa shape index (κ2) is 5.92. The lowest BCUT2D eigenvalue weighted by Gasteiger charge is -2.34. The molecular formula is C16H32N2. The standard InChI is InChI=1S/C16H32N2/c1-5-8-16(4,11-17-15-6-7-15)12-18-9-13(2)14(3)10-18/h13-15,17H,5-12H2,1-4H3. The Balaban J connectivity index is 1.83. The second-order valence-corrected chi connectivity index (χ2v) is 7.36. The van der Waals surface area contributed by atoms with Crippen molar-refractivity contribution in [1.29, 1.82) is 0 Å². The highest BCUT2D eigenvalue weighted by atomic mass is 15.2. The third kappa shape index (κ3) is 3.96. The molecule has 0 spiro atoms. The summed E-state index contributed by atoms with van der Waals surface area (Å²) in [6, 6.07) is 0.845. The molecule has 1 N–H and O–H groups in total. The zero-order chi connectivity index (χ0) is 13.2. The molecule has 1 saturated heterocycles. The van der Waals surface area contributed by atoms with E-state index in [1.807, 2.05) is 0 Å². The maximum absolute atomic E-state index is 3.75. The van der Waals surface area contributed by atoms with Gasteiger partial charge in [-0.1, -0.05) is 34.1 Å². The number of nitrogens with zero attached hydrogens (tertiary/aromatic N) is 1. The van der Waals surface area contributed by atoms with Crippen molar-refractivity contribution in [2.75, 3.05) is 26.2 Å². The molecule has 1 heterocycles. The van der Waals surface area contributed by atoms with Gasteiger partial charge in [-0.2, -0.15) is 0 Å². The zero-order valence-corrected chi connectivity index (χ0v) is 12.8. The normalized spacial score (nSPS) is 32.7. The highest BCUT2D eigenvalue weighted by Crippen LogP contribution is 2.30. The minimum absolute atomic E-state index is 0.473. The van der Waals surface area contributed by atoms with Crippen LogP contribution in [0.3, 0.4) is 0 Å². The van der Waals surface area contributed by atoms with E-state index in [-0.39, 0.29) is 0 Å². The predicted octanol–water partition coefficient (Wildman–Crippen LogP) is 3.13. The minimum atomic E-state index is 0.473. The van der Waals surface area contributed by atoms with Gasteiger partial charge in [0.15, 0.2) is 0 Å². The van der Waals surface area contributed by atoms with E-state index in [1.54, 1.807) is 0 Å². The van der Waals surface area contributed by atoms with E-state index in [4.69, 9.17) is 0 Å². The van der Waals surface area contributed by atoms with Crippen molar-refractivity contribution < 1.29 is 0 Å². The zero-order valence-electron chi connectivity index (χ0n) is 12.8. The van der Waals surface area contributed by atoms with Crippen molar-refractivity contribution in [1.82, 2.24) is 10.2 Å². The molecule has 2 fully saturated rings. The first-order valence-electron chi connectivity index (χ1n) is 7.98. The van der Waals surface area contributed by atoms with Gasteiger partial charge in [0.05, 0.1) is 0 Å². The Morgan fingerprint density at radius 3 is 2.28 bits per heavy atom. The third-order valence-electron chi connectivity index (χ3n) is 4.92. The summed E-state index contributed by atoms with van der Waals surface area (Å²) in [7, 11) is 0. The van der Waals surface area contributed by atoms with E-state index in [9.17, 15) is 0 Å². The van der Waals surface area contributed by atoms with E-state index in [1.165, 1.54) is 51.9 Å². The van der Waals surface area contributed by atoms with Crippen LogP contribution in [0.25, 0.3) is 0 Å². The van der Waals surface area contributed by atoms with Gasteiger partial charge in [0.2, 0.25) is 0 Å². The number of hydrogen-bond acceptors (Lipinski definition) is 2. The Bertz CT molecular complexity index is 252. The third-order valence-corrected chi connectivity index (χ3v) is 4.92. The van der Waals surface area contributed by atoms with E-state index in [0.717, 1.165) is 17.9 Å². The first kappa shape index (κ1) is 14.3. The molecule has 2 heteroatoms.